The number of rotatable bonds is 5. The highest BCUT2D eigenvalue weighted by Crippen LogP contribution is 2.25. The van der Waals surface area contributed by atoms with Gasteiger partial charge < -0.3 is 9.72 Å². The number of imidazole rings is 1. The number of nitrogens with zero attached hydrogens (tertiary/aromatic N) is 2. The summed E-state index contributed by atoms with van der Waals surface area (Å²) in [6, 6.07) is 8.70. The lowest BCUT2D eigenvalue weighted by Gasteiger charge is -2.13. The van der Waals surface area contributed by atoms with Gasteiger partial charge in [0.1, 0.15) is 16.6 Å². The molecule has 2 heterocycles. The van der Waals surface area contributed by atoms with Crippen LogP contribution in [-0.4, -0.2) is 31.9 Å². The average Bonchev–Trinajstić information content (AvgIpc) is 2.95. The lowest BCUT2D eigenvalue weighted by molar-refractivity contribution is -0.153. The normalized spacial score (nSPS) is 13.1. The number of benzene rings is 1. The summed E-state index contributed by atoms with van der Waals surface area (Å²) < 4.78 is 54.3. The molecule has 1 aromatic carbocycles. The van der Waals surface area contributed by atoms with E-state index in [1.165, 1.54) is 19.2 Å². The Hall–Kier alpha value is -2.42. The first-order valence-corrected chi connectivity index (χ1v) is 8.62. The zero-order valence-electron chi connectivity index (χ0n) is 13.1. The van der Waals surface area contributed by atoms with Crippen molar-refractivity contribution < 1.29 is 22.1 Å². The highest BCUT2D eigenvalue weighted by atomic mass is 32.2. The van der Waals surface area contributed by atoms with Crippen molar-refractivity contribution in [3.8, 4) is 5.75 Å². The van der Waals surface area contributed by atoms with E-state index in [1.807, 2.05) is 24.3 Å². The molecule has 9 heteroatoms. The fraction of sp³-hybridized carbons (Fsp3) is 0.250. The minimum absolute atomic E-state index is 0.0141. The fourth-order valence-corrected chi connectivity index (χ4v) is 3.45. The van der Waals surface area contributed by atoms with E-state index in [4.69, 9.17) is 4.74 Å². The van der Waals surface area contributed by atoms with Crippen molar-refractivity contribution in [2.24, 2.45) is 0 Å². The van der Waals surface area contributed by atoms with Crippen molar-refractivity contribution in [3.63, 3.8) is 0 Å². The predicted octanol–water partition coefficient (Wildman–Crippen LogP) is 3.52. The minimum Gasteiger partial charge on any atom is -0.484 e. The number of alkyl halides is 3. The van der Waals surface area contributed by atoms with Crippen molar-refractivity contribution in [2.45, 2.75) is 23.9 Å². The molecule has 3 aromatic rings. The molecule has 0 aliphatic rings. The molecule has 0 saturated carbocycles. The molecule has 0 saturated heterocycles. The monoisotopic (exact) mass is 369 g/mol. The summed E-state index contributed by atoms with van der Waals surface area (Å²) in [5, 5.41) is 0.181. The lowest BCUT2D eigenvalue weighted by atomic mass is 10.3. The number of para-hydroxylation sites is 2. The largest absolute Gasteiger partial charge is 0.484 e. The van der Waals surface area contributed by atoms with Gasteiger partial charge >= 0.3 is 6.18 Å². The molecule has 0 radical (unpaired) electrons. The third kappa shape index (κ3) is 4.16. The molecule has 0 aliphatic carbocycles. The molecule has 0 amide bonds. The minimum atomic E-state index is -4.44. The number of ether oxygens (including phenoxy) is 1. The Morgan fingerprint density at radius 1 is 1.24 bits per heavy atom. The van der Waals surface area contributed by atoms with Crippen LogP contribution in [-0.2, 0) is 16.6 Å². The van der Waals surface area contributed by atoms with Gasteiger partial charge in [-0.1, -0.05) is 12.1 Å². The first kappa shape index (κ1) is 17.4. The number of H-pyrrole nitrogens is 1. The quantitative estimate of drug-likeness (QED) is 0.747. The molecular formula is C16H14F3N3O2S. The molecular weight excluding hydrogens is 355 g/mol. The highest BCUT2D eigenvalue weighted by Gasteiger charge is 2.29. The molecule has 2 aromatic heterocycles. The topological polar surface area (TPSA) is 67.9 Å². The van der Waals surface area contributed by atoms with Crippen molar-refractivity contribution in [1.29, 1.82) is 0 Å². The summed E-state index contributed by atoms with van der Waals surface area (Å²) in [5.74, 6) is 0.605. The van der Waals surface area contributed by atoms with Crippen LogP contribution >= 0.6 is 0 Å². The summed E-state index contributed by atoms with van der Waals surface area (Å²) in [7, 11) is -1.57. The van der Waals surface area contributed by atoms with E-state index in [1.54, 1.807) is 0 Å². The van der Waals surface area contributed by atoms with E-state index in [0.29, 0.717) is 11.4 Å². The Bertz CT molecular complexity index is 891. The van der Waals surface area contributed by atoms with Crippen molar-refractivity contribution in [1.82, 2.24) is 15.0 Å². The average molecular weight is 369 g/mol. The fourth-order valence-electron chi connectivity index (χ4n) is 2.31. The van der Waals surface area contributed by atoms with Gasteiger partial charge in [0.15, 0.2) is 6.61 Å². The summed E-state index contributed by atoms with van der Waals surface area (Å²) in [6.45, 7) is 0.123. The molecule has 0 spiro atoms. The Morgan fingerprint density at radius 2 is 2.00 bits per heavy atom. The van der Waals surface area contributed by atoms with Gasteiger partial charge in [0, 0.05) is 11.8 Å². The third-order valence-electron chi connectivity index (χ3n) is 3.42. The first-order valence-electron chi connectivity index (χ1n) is 7.30. The predicted molar refractivity (Wildman–Crippen MR) is 86.7 cm³/mol. The Balaban J connectivity index is 1.79. The van der Waals surface area contributed by atoms with Crippen LogP contribution < -0.4 is 4.74 Å². The van der Waals surface area contributed by atoms with E-state index < -0.39 is 23.6 Å². The molecule has 25 heavy (non-hydrogen) atoms. The number of fused-ring (bicyclic) bond motifs is 1. The van der Waals surface area contributed by atoms with E-state index in [2.05, 4.69) is 15.0 Å². The second kappa shape index (κ2) is 6.83. The van der Waals surface area contributed by atoms with Crippen LogP contribution in [0.3, 0.4) is 0 Å². The van der Waals surface area contributed by atoms with Gasteiger partial charge in [-0.3, -0.25) is 4.21 Å². The van der Waals surface area contributed by atoms with E-state index in [9.17, 15) is 17.4 Å². The maximum absolute atomic E-state index is 12.6. The van der Waals surface area contributed by atoms with Crippen molar-refractivity contribution >= 4 is 21.8 Å². The molecule has 0 fully saturated rings. The van der Waals surface area contributed by atoms with E-state index in [0.717, 1.165) is 11.0 Å². The van der Waals surface area contributed by atoms with Crippen LogP contribution in [0.25, 0.3) is 11.0 Å². The summed E-state index contributed by atoms with van der Waals surface area (Å²) in [5.41, 5.74) is 1.89. The molecule has 3 rings (SSSR count). The Morgan fingerprint density at radius 3 is 2.72 bits per heavy atom. The molecule has 1 N–H and O–H groups in total. The second-order valence-electron chi connectivity index (χ2n) is 5.33. The van der Waals surface area contributed by atoms with Crippen molar-refractivity contribution in [2.75, 3.05) is 6.61 Å². The molecule has 132 valence electrons. The van der Waals surface area contributed by atoms with Gasteiger partial charge in [-0.15, -0.1) is 0 Å². The zero-order chi connectivity index (χ0) is 18.0. The van der Waals surface area contributed by atoms with E-state index >= 15 is 0 Å². The zero-order valence-corrected chi connectivity index (χ0v) is 13.9. The maximum atomic E-state index is 12.6. The molecule has 5 nitrogen and oxygen atoms in total. The van der Waals surface area contributed by atoms with Crippen LogP contribution in [0.1, 0.15) is 11.4 Å². The van der Waals surface area contributed by atoms with E-state index in [-0.39, 0.29) is 16.5 Å². The molecule has 1 atom stereocenters. The highest BCUT2D eigenvalue weighted by molar-refractivity contribution is 7.84. The molecule has 1 unspecified atom stereocenters. The van der Waals surface area contributed by atoms with Crippen molar-refractivity contribution in [3.05, 3.63) is 47.9 Å². The van der Waals surface area contributed by atoms with Crippen LogP contribution in [0.5, 0.6) is 5.75 Å². The number of pyridine rings is 1. The second-order valence-corrected chi connectivity index (χ2v) is 6.70. The van der Waals surface area contributed by atoms with Gasteiger partial charge in [0.2, 0.25) is 0 Å². The number of halogens is 3. The van der Waals surface area contributed by atoms with Gasteiger partial charge in [-0.2, -0.15) is 13.2 Å². The standard InChI is InChI=1S/C16H14F3N3O2S/c1-10-13(24-9-16(17,18)19)6-7-20-15(10)25(23)8-14-21-11-4-2-3-5-12(11)22-14/h2-7H,8-9H2,1H3,(H,21,22). The number of hydrogen-bond donors (Lipinski definition) is 1. The number of aromatic nitrogens is 3. The Kier molecular flexibility index (Phi) is 4.76. The number of aromatic amines is 1. The van der Waals surface area contributed by atoms with Crippen LogP contribution in [0, 0.1) is 6.92 Å². The summed E-state index contributed by atoms with van der Waals surface area (Å²) in [4.78, 5) is 11.4. The van der Waals surface area contributed by atoms with Crippen LogP contribution in [0.15, 0.2) is 41.6 Å². The SMILES string of the molecule is Cc1c(OCC(F)(F)F)ccnc1S(=O)Cc1nc2ccccc2[nH]1. The maximum Gasteiger partial charge on any atom is 0.422 e. The number of hydrogen-bond acceptors (Lipinski definition) is 4. The van der Waals surface area contributed by atoms with Crippen LogP contribution in [0.2, 0.25) is 0 Å². The summed E-state index contributed by atoms with van der Waals surface area (Å²) >= 11 is 0. The van der Waals surface area contributed by atoms with Crippen LogP contribution in [0.4, 0.5) is 13.2 Å². The Labute approximate surface area is 143 Å². The molecule has 0 aliphatic heterocycles. The first-order chi connectivity index (χ1) is 11.8. The van der Waals surface area contributed by atoms with Gasteiger partial charge in [-0.05, 0) is 25.1 Å². The summed E-state index contributed by atoms with van der Waals surface area (Å²) in [6.07, 6.45) is -3.16. The smallest absolute Gasteiger partial charge is 0.422 e. The lowest BCUT2D eigenvalue weighted by Crippen LogP contribution is -2.20. The number of nitrogens with one attached hydrogen (secondary N) is 1. The molecule has 0 bridgehead atoms. The van der Waals surface area contributed by atoms with Gasteiger partial charge in [-0.25, -0.2) is 9.97 Å². The third-order valence-corrected chi connectivity index (χ3v) is 4.80. The van der Waals surface area contributed by atoms with Gasteiger partial charge in [0.25, 0.3) is 0 Å². The van der Waals surface area contributed by atoms with Gasteiger partial charge in [0.05, 0.1) is 27.6 Å².